The molecule has 1 amide bonds. The first-order valence-electron chi connectivity index (χ1n) is 8.53. The van der Waals surface area contributed by atoms with Crippen LogP contribution in [-0.2, 0) is 11.2 Å². The summed E-state index contributed by atoms with van der Waals surface area (Å²) in [5, 5.41) is 4.86. The minimum atomic E-state index is -0.289. The van der Waals surface area contributed by atoms with Gasteiger partial charge in [0.1, 0.15) is 11.9 Å². The Morgan fingerprint density at radius 3 is 2.81 bits per heavy atom. The molecule has 26 heavy (non-hydrogen) atoms. The van der Waals surface area contributed by atoms with E-state index in [9.17, 15) is 9.18 Å². The van der Waals surface area contributed by atoms with Gasteiger partial charge in [0.05, 0.1) is 11.5 Å². The third-order valence-corrected chi connectivity index (χ3v) is 5.48. The zero-order valence-electron chi connectivity index (χ0n) is 14.1. The molecule has 1 unspecified atom stereocenters. The van der Waals surface area contributed by atoms with E-state index in [4.69, 9.17) is 4.74 Å². The number of amides is 1. The molecule has 2 heterocycles. The van der Waals surface area contributed by atoms with Gasteiger partial charge in [0.15, 0.2) is 0 Å². The van der Waals surface area contributed by atoms with Crippen LogP contribution in [-0.4, -0.2) is 19.1 Å². The van der Waals surface area contributed by atoms with Crippen LogP contribution in [0.25, 0.3) is 11.1 Å². The van der Waals surface area contributed by atoms with Crippen LogP contribution < -0.4 is 5.32 Å². The first kappa shape index (κ1) is 16.9. The molecule has 0 bridgehead atoms. The van der Waals surface area contributed by atoms with Crippen molar-refractivity contribution in [3.63, 3.8) is 0 Å². The summed E-state index contributed by atoms with van der Waals surface area (Å²) in [4.78, 5) is 13.3. The monoisotopic (exact) mass is 367 g/mol. The van der Waals surface area contributed by atoms with E-state index in [-0.39, 0.29) is 17.8 Å². The number of fused-ring (bicyclic) bond motifs is 1. The second kappa shape index (κ2) is 7.40. The lowest BCUT2D eigenvalue weighted by atomic mass is 9.97. The number of benzene rings is 2. The van der Waals surface area contributed by atoms with Crippen LogP contribution in [0.1, 0.15) is 26.9 Å². The largest absolute Gasteiger partial charge is 0.371 e. The highest BCUT2D eigenvalue weighted by atomic mass is 32.1. The van der Waals surface area contributed by atoms with Gasteiger partial charge in [0, 0.05) is 12.1 Å². The van der Waals surface area contributed by atoms with Gasteiger partial charge in [0.25, 0.3) is 5.91 Å². The SMILES string of the molecule is O=C(NCC1OCCc2ccccc21)c1sccc1-c1ccc(F)cc1. The number of hydrogen-bond acceptors (Lipinski definition) is 3. The van der Waals surface area contributed by atoms with Gasteiger partial charge in [0.2, 0.25) is 0 Å². The Labute approximate surface area is 155 Å². The molecule has 0 fully saturated rings. The minimum absolute atomic E-state index is 0.127. The van der Waals surface area contributed by atoms with Crippen molar-refractivity contribution in [3.8, 4) is 11.1 Å². The smallest absolute Gasteiger partial charge is 0.262 e. The van der Waals surface area contributed by atoms with Crippen molar-refractivity contribution in [1.82, 2.24) is 5.32 Å². The molecule has 0 saturated heterocycles. The molecule has 3 aromatic rings. The van der Waals surface area contributed by atoms with Gasteiger partial charge in [-0.3, -0.25) is 4.79 Å². The Balaban J connectivity index is 1.49. The molecule has 4 rings (SSSR count). The van der Waals surface area contributed by atoms with Crippen molar-refractivity contribution in [1.29, 1.82) is 0 Å². The van der Waals surface area contributed by atoms with Crippen LogP contribution in [0.15, 0.2) is 60.0 Å². The molecule has 0 spiro atoms. The minimum Gasteiger partial charge on any atom is -0.371 e. The maximum atomic E-state index is 13.1. The van der Waals surface area contributed by atoms with E-state index in [1.807, 2.05) is 23.6 Å². The quantitative estimate of drug-likeness (QED) is 0.732. The zero-order valence-corrected chi connectivity index (χ0v) is 14.9. The Hall–Kier alpha value is -2.50. The summed E-state index contributed by atoms with van der Waals surface area (Å²) in [5.41, 5.74) is 4.07. The summed E-state index contributed by atoms with van der Waals surface area (Å²) in [7, 11) is 0. The van der Waals surface area contributed by atoms with Crippen LogP contribution in [0, 0.1) is 5.82 Å². The van der Waals surface area contributed by atoms with Crippen LogP contribution in [0.3, 0.4) is 0 Å². The molecule has 132 valence electrons. The first-order chi connectivity index (χ1) is 12.7. The summed E-state index contributed by atoms with van der Waals surface area (Å²) in [6.45, 7) is 1.09. The molecule has 1 aliphatic rings. The van der Waals surface area contributed by atoms with Crippen molar-refractivity contribution in [2.45, 2.75) is 12.5 Å². The highest BCUT2D eigenvalue weighted by Gasteiger charge is 2.22. The Morgan fingerprint density at radius 1 is 1.15 bits per heavy atom. The van der Waals surface area contributed by atoms with E-state index < -0.39 is 0 Å². The molecule has 0 saturated carbocycles. The average molecular weight is 367 g/mol. The Bertz CT molecular complexity index is 920. The van der Waals surface area contributed by atoms with Gasteiger partial charge in [-0.25, -0.2) is 4.39 Å². The number of carbonyl (C=O) groups is 1. The fourth-order valence-corrected chi connectivity index (χ4v) is 4.09. The van der Waals surface area contributed by atoms with Crippen LogP contribution in [0.4, 0.5) is 4.39 Å². The van der Waals surface area contributed by atoms with E-state index >= 15 is 0 Å². The van der Waals surface area contributed by atoms with E-state index in [1.54, 1.807) is 12.1 Å². The molecular weight excluding hydrogens is 349 g/mol. The maximum Gasteiger partial charge on any atom is 0.262 e. The standard InChI is InChI=1S/C21H18FNO2S/c22-16-7-5-15(6-8-16)18-10-12-26-20(18)21(24)23-13-19-17-4-2-1-3-14(17)9-11-25-19/h1-8,10,12,19H,9,11,13H2,(H,23,24). The molecular formula is C21H18FNO2S. The number of thiophene rings is 1. The molecule has 1 N–H and O–H groups in total. The molecule has 0 radical (unpaired) electrons. The summed E-state index contributed by atoms with van der Waals surface area (Å²) >= 11 is 1.38. The van der Waals surface area contributed by atoms with Gasteiger partial charge >= 0.3 is 0 Å². The number of ether oxygens (including phenoxy) is 1. The third kappa shape index (κ3) is 3.41. The Morgan fingerprint density at radius 2 is 1.96 bits per heavy atom. The topological polar surface area (TPSA) is 38.3 Å². The number of rotatable bonds is 4. The molecule has 1 aromatic heterocycles. The van der Waals surface area contributed by atoms with Crippen molar-refractivity contribution < 1.29 is 13.9 Å². The van der Waals surface area contributed by atoms with Gasteiger partial charge in [-0.1, -0.05) is 36.4 Å². The summed E-state index contributed by atoms with van der Waals surface area (Å²) < 4.78 is 19.0. The number of carbonyl (C=O) groups excluding carboxylic acids is 1. The lowest BCUT2D eigenvalue weighted by Crippen LogP contribution is -2.31. The van der Waals surface area contributed by atoms with E-state index in [2.05, 4.69) is 17.4 Å². The van der Waals surface area contributed by atoms with E-state index in [1.165, 1.54) is 29.0 Å². The lowest BCUT2D eigenvalue weighted by molar-refractivity contribution is 0.0412. The predicted molar refractivity (Wildman–Crippen MR) is 101 cm³/mol. The maximum absolute atomic E-state index is 13.1. The number of hydrogen-bond donors (Lipinski definition) is 1. The summed E-state index contributed by atoms with van der Waals surface area (Å²) in [6.07, 6.45) is 0.776. The van der Waals surface area contributed by atoms with Gasteiger partial charge in [-0.2, -0.15) is 0 Å². The van der Waals surface area contributed by atoms with Crippen molar-refractivity contribution >= 4 is 17.2 Å². The first-order valence-corrected chi connectivity index (χ1v) is 9.41. The van der Waals surface area contributed by atoms with E-state index in [0.717, 1.165) is 23.1 Å². The lowest BCUT2D eigenvalue weighted by Gasteiger charge is -2.26. The fraction of sp³-hybridized carbons (Fsp3) is 0.190. The molecule has 3 nitrogen and oxygen atoms in total. The fourth-order valence-electron chi connectivity index (χ4n) is 3.25. The van der Waals surface area contributed by atoms with E-state index in [0.29, 0.717) is 18.0 Å². The molecule has 0 aliphatic carbocycles. The van der Waals surface area contributed by atoms with Gasteiger partial charge < -0.3 is 10.1 Å². The molecule has 2 aromatic carbocycles. The molecule has 1 aliphatic heterocycles. The van der Waals surface area contributed by atoms with Crippen LogP contribution in [0.5, 0.6) is 0 Å². The van der Waals surface area contributed by atoms with Gasteiger partial charge in [-0.15, -0.1) is 11.3 Å². The molecule has 5 heteroatoms. The number of nitrogens with one attached hydrogen (secondary N) is 1. The Kier molecular flexibility index (Phi) is 4.82. The summed E-state index contributed by atoms with van der Waals surface area (Å²) in [6, 6.07) is 16.3. The van der Waals surface area contributed by atoms with Gasteiger partial charge in [-0.05, 0) is 46.7 Å². The second-order valence-electron chi connectivity index (χ2n) is 6.19. The third-order valence-electron chi connectivity index (χ3n) is 4.57. The highest BCUT2D eigenvalue weighted by molar-refractivity contribution is 7.12. The van der Waals surface area contributed by atoms with Crippen molar-refractivity contribution in [2.24, 2.45) is 0 Å². The average Bonchev–Trinajstić information content (AvgIpc) is 3.16. The van der Waals surface area contributed by atoms with Crippen LogP contribution in [0.2, 0.25) is 0 Å². The van der Waals surface area contributed by atoms with Crippen molar-refractivity contribution in [2.75, 3.05) is 13.2 Å². The second-order valence-corrected chi connectivity index (χ2v) is 7.10. The molecule has 1 atom stereocenters. The van der Waals surface area contributed by atoms with Crippen LogP contribution >= 0.6 is 11.3 Å². The highest BCUT2D eigenvalue weighted by Crippen LogP contribution is 2.29. The zero-order chi connectivity index (χ0) is 17.9. The predicted octanol–water partition coefficient (Wildman–Crippen LogP) is 4.60. The van der Waals surface area contributed by atoms with Crippen molar-refractivity contribution in [3.05, 3.63) is 81.8 Å². The summed E-state index contributed by atoms with van der Waals surface area (Å²) in [5.74, 6) is -0.422. The number of halogens is 1. The normalized spacial score (nSPS) is 16.1.